The van der Waals surface area contributed by atoms with Crippen LogP contribution in [0.3, 0.4) is 0 Å². The molecule has 0 amide bonds. The maximum atomic E-state index is 5.89. The van der Waals surface area contributed by atoms with Crippen molar-refractivity contribution in [1.82, 2.24) is 0 Å². The maximum absolute atomic E-state index is 5.89. The number of thioether (sulfide) groups is 1. The van der Waals surface area contributed by atoms with Gasteiger partial charge in [0.25, 0.3) is 0 Å². The zero-order valence-corrected chi connectivity index (χ0v) is 13.0. The largest absolute Gasteiger partial charge is 0.162 e. The van der Waals surface area contributed by atoms with Crippen molar-refractivity contribution in [2.45, 2.75) is 30.9 Å². The summed E-state index contributed by atoms with van der Waals surface area (Å²) in [7, 11) is 0. The number of thiophene rings is 1. The van der Waals surface area contributed by atoms with Crippen LogP contribution in [0.4, 0.5) is 0 Å². The molecule has 1 saturated carbocycles. The van der Waals surface area contributed by atoms with E-state index in [2.05, 4.69) is 36.6 Å². The second-order valence-electron chi connectivity index (χ2n) is 4.66. The van der Waals surface area contributed by atoms with Gasteiger partial charge in [0, 0.05) is 10.1 Å². The minimum Gasteiger partial charge on any atom is -0.162 e. The topological polar surface area (TPSA) is 0 Å². The summed E-state index contributed by atoms with van der Waals surface area (Å²) in [6.45, 7) is 0. The van der Waals surface area contributed by atoms with Crippen molar-refractivity contribution < 1.29 is 0 Å². The Morgan fingerprint density at radius 3 is 2.61 bits per heavy atom. The third-order valence-electron chi connectivity index (χ3n) is 3.40. The van der Waals surface area contributed by atoms with E-state index in [0.717, 1.165) is 15.5 Å². The number of hydrogen-bond acceptors (Lipinski definition) is 2. The average Bonchev–Trinajstić information content (AvgIpc) is 2.81. The van der Waals surface area contributed by atoms with Crippen molar-refractivity contribution in [2.75, 3.05) is 6.26 Å². The minimum atomic E-state index is 0.782. The molecule has 1 aliphatic carbocycles. The van der Waals surface area contributed by atoms with E-state index in [1.54, 1.807) is 11.3 Å². The second-order valence-corrected chi connectivity index (χ2v) is 7.54. The lowest BCUT2D eigenvalue weighted by atomic mass is 9.88. The van der Waals surface area contributed by atoms with Gasteiger partial charge in [-0.05, 0) is 56.1 Å². The van der Waals surface area contributed by atoms with E-state index >= 15 is 0 Å². The van der Waals surface area contributed by atoms with Crippen LogP contribution in [0.1, 0.15) is 30.6 Å². The Balaban J connectivity index is 1.76. The van der Waals surface area contributed by atoms with Gasteiger partial charge < -0.3 is 0 Å². The molecule has 0 N–H and O–H groups in total. The van der Waals surface area contributed by atoms with Crippen molar-refractivity contribution >= 4 is 40.8 Å². The molecule has 0 spiro atoms. The van der Waals surface area contributed by atoms with Crippen molar-refractivity contribution in [3.63, 3.8) is 0 Å². The highest BCUT2D eigenvalue weighted by Crippen LogP contribution is 2.31. The van der Waals surface area contributed by atoms with Crippen molar-refractivity contribution in [3.8, 4) is 0 Å². The van der Waals surface area contributed by atoms with Crippen LogP contribution in [0.25, 0.3) is 6.08 Å². The molecule has 2 rings (SSSR count). The quantitative estimate of drug-likeness (QED) is 0.624. The predicted octanol–water partition coefficient (Wildman–Crippen LogP) is 5.89. The summed E-state index contributed by atoms with van der Waals surface area (Å²) >= 11 is 9.53. The van der Waals surface area contributed by atoms with Gasteiger partial charge in [-0.2, -0.15) is 11.8 Å². The molecule has 0 unspecified atom stereocenters. The Labute approximate surface area is 123 Å². The van der Waals surface area contributed by atoms with Crippen molar-refractivity contribution in [3.05, 3.63) is 39.6 Å². The molecule has 1 aromatic heterocycles. The lowest BCUT2D eigenvalue weighted by molar-refractivity contribution is 0.429. The summed E-state index contributed by atoms with van der Waals surface area (Å²) < 4.78 is 0.856. The molecule has 0 atom stereocenters. The summed E-state index contributed by atoms with van der Waals surface area (Å²) in [4.78, 5) is 1.22. The van der Waals surface area contributed by atoms with Gasteiger partial charge in [-0.15, -0.1) is 11.3 Å². The molecule has 98 valence electrons. The van der Waals surface area contributed by atoms with Crippen LogP contribution in [-0.4, -0.2) is 11.5 Å². The third kappa shape index (κ3) is 4.49. The predicted molar refractivity (Wildman–Crippen MR) is 86.8 cm³/mol. The van der Waals surface area contributed by atoms with E-state index in [1.807, 2.05) is 17.8 Å². The first kappa shape index (κ1) is 14.2. The normalized spacial score (nSPS) is 25.2. The smallest absolute Gasteiger partial charge is 0.0934 e. The number of halogens is 1. The van der Waals surface area contributed by atoms with Crippen LogP contribution in [0.15, 0.2) is 30.4 Å². The number of hydrogen-bond donors (Lipinski definition) is 0. The average molecular weight is 299 g/mol. The first-order chi connectivity index (χ1) is 8.78. The summed E-state index contributed by atoms with van der Waals surface area (Å²) in [6.07, 6.45) is 16.5. The Kier molecular flexibility index (Phi) is 5.87. The van der Waals surface area contributed by atoms with Crippen LogP contribution in [0, 0.1) is 5.92 Å². The molecule has 1 heterocycles. The van der Waals surface area contributed by atoms with Gasteiger partial charge in [0.1, 0.15) is 0 Å². The SMILES string of the molecule is CSC1CCC(C=CC=Cc2ccc(Cl)s2)CC1. The van der Waals surface area contributed by atoms with Crippen molar-refractivity contribution in [2.24, 2.45) is 5.92 Å². The van der Waals surface area contributed by atoms with E-state index < -0.39 is 0 Å². The molecule has 1 aromatic rings. The maximum Gasteiger partial charge on any atom is 0.0934 e. The van der Waals surface area contributed by atoms with E-state index in [0.29, 0.717) is 0 Å². The van der Waals surface area contributed by atoms with Gasteiger partial charge in [0.2, 0.25) is 0 Å². The molecule has 18 heavy (non-hydrogen) atoms. The Morgan fingerprint density at radius 1 is 1.22 bits per heavy atom. The van der Waals surface area contributed by atoms with Crippen LogP contribution in [-0.2, 0) is 0 Å². The van der Waals surface area contributed by atoms with Gasteiger partial charge in [0.15, 0.2) is 0 Å². The zero-order chi connectivity index (χ0) is 12.8. The van der Waals surface area contributed by atoms with E-state index in [4.69, 9.17) is 11.6 Å². The summed E-state index contributed by atoms with van der Waals surface area (Å²) in [5.74, 6) is 0.782. The molecule has 0 aromatic carbocycles. The van der Waals surface area contributed by atoms with Crippen LogP contribution in [0.5, 0.6) is 0 Å². The lowest BCUT2D eigenvalue weighted by Crippen LogP contribution is -2.14. The van der Waals surface area contributed by atoms with Crippen LogP contribution >= 0.6 is 34.7 Å². The first-order valence-corrected chi connectivity index (χ1v) is 8.89. The van der Waals surface area contributed by atoms with E-state index in [-0.39, 0.29) is 0 Å². The fraction of sp³-hybridized carbons (Fsp3) is 0.467. The number of allylic oxidation sites excluding steroid dienone is 3. The minimum absolute atomic E-state index is 0.782. The highest BCUT2D eigenvalue weighted by atomic mass is 35.5. The second kappa shape index (κ2) is 7.42. The summed E-state index contributed by atoms with van der Waals surface area (Å²) in [5, 5.41) is 0.901. The molecule has 0 nitrogen and oxygen atoms in total. The van der Waals surface area contributed by atoms with Crippen LogP contribution in [0.2, 0.25) is 4.34 Å². The molecule has 3 heteroatoms. The molecule has 0 saturated heterocycles. The van der Waals surface area contributed by atoms with Gasteiger partial charge in [0.05, 0.1) is 4.34 Å². The zero-order valence-electron chi connectivity index (χ0n) is 10.6. The van der Waals surface area contributed by atoms with Crippen molar-refractivity contribution in [1.29, 1.82) is 0 Å². The van der Waals surface area contributed by atoms with E-state index in [1.165, 1.54) is 30.6 Å². The Bertz CT molecular complexity index is 412. The first-order valence-electron chi connectivity index (χ1n) is 6.41. The monoisotopic (exact) mass is 298 g/mol. The van der Waals surface area contributed by atoms with Gasteiger partial charge in [-0.1, -0.05) is 29.8 Å². The van der Waals surface area contributed by atoms with E-state index in [9.17, 15) is 0 Å². The molecular formula is C15H19ClS2. The Hall–Kier alpha value is -0.180. The summed E-state index contributed by atoms with van der Waals surface area (Å²) in [6, 6.07) is 4.00. The molecule has 1 fully saturated rings. The highest BCUT2D eigenvalue weighted by Gasteiger charge is 2.17. The molecule has 0 radical (unpaired) electrons. The molecular weight excluding hydrogens is 280 g/mol. The Morgan fingerprint density at radius 2 is 2.00 bits per heavy atom. The van der Waals surface area contributed by atoms with Crippen LogP contribution < -0.4 is 0 Å². The fourth-order valence-corrected chi connectivity index (χ4v) is 4.02. The third-order valence-corrected chi connectivity index (χ3v) is 5.74. The van der Waals surface area contributed by atoms with Gasteiger partial charge in [-0.25, -0.2) is 0 Å². The fourth-order valence-electron chi connectivity index (χ4n) is 2.31. The molecule has 1 aliphatic rings. The molecule has 0 aliphatic heterocycles. The number of rotatable bonds is 4. The summed E-state index contributed by atoms with van der Waals surface area (Å²) in [5.41, 5.74) is 0. The lowest BCUT2D eigenvalue weighted by Gasteiger charge is -2.25. The van der Waals surface area contributed by atoms with Gasteiger partial charge in [-0.3, -0.25) is 0 Å². The van der Waals surface area contributed by atoms with Gasteiger partial charge >= 0.3 is 0 Å². The molecule has 0 bridgehead atoms. The standard InChI is InChI=1S/C15H19ClS2/c1-17-13-8-6-12(7-9-13)4-2-3-5-14-10-11-15(16)18-14/h2-5,10-13H,6-9H2,1H3. The highest BCUT2D eigenvalue weighted by molar-refractivity contribution is 7.99.